The van der Waals surface area contributed by atoms with Gasteiger partial charge >= 0.3 is 0 Å². The van der Waals surface area contributed by atoms with Gasteiger partial charge in [-0.3, -0.25) is 4.79 Å². The Hall–Kier alpha value is -1.35. The molecule has 1 atom stereocenters. The highest BCUT2D eigenvalue weighted by Crippen LogP contribution is 2.19. The van der Waals surface area contributed by atoms with Gasteiger partial charge in [-0.1, -0.05) is 44.2 Å². The van der Waals surface area contributed by atoms with Gasteiger partial charge in [0.2, 0.25) is 5.91 Å². The zero-order valence-electron chi connectivity index (χ0n) is 10.7. The highest BCUT2D eigenvalue weighted by atomic mass is 16.1. The summed E-state index contributed by atoms with van der Waals surface area (Å²) in [6, 6.07) is 9.78. The second-order valence-corrected chi connectivity index (χ2v) is 4.18. The molecule has 0 aliphatic heterocycles. The molecule has 0 aliphatic carbocycles. The fourth-order valence-electron chi connectivity index (χ4n) is 2.01. The second kappa shape index (κ2) is 7.07. The lowest BCUT2D eigenvalue weighted by Gasteiger charge is -2.21. The molecule has 1 rings (SSSR count). The van der Waals surface area contributed by atoms with Gasteiger partial charge in [0.15, 0.2) is 0 Å². The van der Waals surface area contributed by atoms with Crippen LogP contribution in [0.2, 0.25) is 0 Å². The predicted octanol–water partition coefficient (Wildman–Crippen LogP) is 1.99. The standard InChI is InChI=1S/C14H22N2O/c1-3-16(4-2)11-10-13(14(15)17)12-8-6-5-7-9-12/h5-9,13H,3-4,10-11H2,1-2H3,(H2,15,17)/t13-/m0/s1. The number of carbonyl (C=O) groups excluding carboxylic acids is 1. The third-order valence-electron chi connectivity index (χ3n) is 3.17. The molecule has 0 bridgehead atoms. The molecule has 3 nitrogen and oxygen atoms in total. The number of benzene rings is 1. The summed E-state index contributed by atoms with van der Waals surface area (Å²) in [5.74, 6) is -0.403. The van der Waals surface area contributed by atoms with E-state index in [1.807, 2.05) is 30.3 Å². The van der Waals surface area contributed by atoms with Gasteiger partial charge in [-0.25, -0.2) is 0 Å². The van der Waals surface area contributed by atoms with Crippen LogP contribution >= 0.6 is 0 Å². The number of hydrogen-bond donors (Lipinski definition) is 1. The van der Waals surface area contributed by atoms with Gasteiger partial charge in [0, 0.05) is 0 Å². The smallest absolute Gasteiger partial charge is 0.225 e. The molecule has 0 saturated heterocycles. The van der Waals surface area contributed by atoms with Crippen molar-refractivity contribution >= 4 is 5.91 Å². The summed E-state index contributed by atoms with van der Waals surface area (Å²) in [5, 5.41) is 0. The van der Waals surface area contributed by atoms with Crippen LogP contribution in [0.1, 0.15) is 31.7 Å². The molecule has 0 fully saturated rings. The Kier molecular flexibility index (Phi) is 5.70. The van der Waals surface area contributed by atoms with Crippen LogP contribution in [0.5, 0.6) is 0 Å². The Morgan fingerprint density at radius 3 is 2.29 bits per heavy atom. The molecule has 0 saturated carbocycles. The van der Waals surface area contributed by atoms with Crippen molar-refractivity contribution in [1.82, 2.24) is 4.90 Å². The van der Waals surface area contributed by atoms with E-state index in [0.717, 1.165) is 31.6 Å². The molecule has 0 heterocycles. The third-order valence-corrected chi connectivity index (χ3v) is 3.17. The summed E-state index contributed by atoms with van der Waals surface area (Å²) >= 11 is 0. The van der Waals surface area contributed by atoms with Gasteiger partial charge in [-0.05, 0) is 31.6 Å². The SMILES string of the molecule is CCN(CC)CC[C@H](C(N)=O)c1ccccc1. The zero-order valence-corrected chi connectivity index (χ0v) is 10.7. The van der Waals surface area contributed by atoms with Crippen LogP contribution in [0.3, 0.4) is 0 Å². The normalized spacial score (nSPS) is 12.6. The quantitative estimate of drug-likeness (QED) is 0.784. The number of hydrogen-bond acceptors (Lipinski definition) is 2. The maximum absolute atomic E-state index is 11.5. The van der Waals surface area contributed by atoms with Crippen molar-refractivity contribution in [3.8, 4) is 0 Å². The topological polar surface area (TPSA) is 46.3 Å². The molecule has 1 amide bonds. The molecule has 0 unspecified atom stereocenters. The van der Waals surface area contributed by atoms with Crippen LogP contribution in [0.4, 0.5) is 0 Å². The van der Waals surface area contributed by atoms with Gasteiger partial charge in [0.25, 0.3) is 0 Å². The van der Waals surface area contributed by atoms with E-state index in [-0.39, 0.29) is 11.8 Å². The lowest BCUT2D eigenvalue weighted by molar-refractivity contribution is -0.119. The number of carbonyl (C=O) groups is 1. The number of amides is 1. The summed E-state index contributed by atoms with van der Waals surface area (Å²) in [5.41, 5.74) is 6.50. The summed E-state index contributed by atoms with van der Waals surface area (Å²) < 4.78 is 0. The van der Waals surface area contributed by atoms with E-state index in [2.05, 4.69) is 18.7 Å². The molecule has 2 N–H and O–H groups in total. The van der Waals surface area contributed by atoms with E-state index in [1.165, 1.54) is 0 Å². The Morgan fingerprint density at radius 2 is 1.82 bits per heavy atom. The van der Waals surface area contributed by atoms with Crippen molar-refractivity contribution in [3.05, 3.63) is 35.9 Å². The molecule has 94 valence electrons. The molecule has 0 spiro atoms. The summed E-state index contributed by atoms with van der Waals surface area (Å²) in [4.78, 5) is 13.8. The van der Waals surface area contributed by atoms with Crippen molar-refractivity contribution in [2.24, 2.45) is 5.73 Å². The minimum absolute atomic E-state index is 0.170. The van der Waals surface area contributed by atoms with Crippen molar-refractivity contribution in [1.29, 1.82) is 0 Å². The van der Waals surface area contributed by atoms with E-state index in [4.69, 9.17) is 5.73 Å². The fourth-order valence-corrected chi connectivity index (χ4v) is 2.01. The number of nitrogens with zero attached hydrogens (tertiary/aromatic N) is 1. The molecule has 1 aromatic carbocycles. The number of primary amides is 1. The molecule has 3 heteroatoms. The molecular formula is C14H22N2O. The lowest BCUT2D eigenvalue weighted by atomic mass is 9.95. The van der Waals surface area contributed by atoms with Crippen LogP contribution in [0.25, 0.3) is 0 Å². The fraction of sp³-hybridized carbons (Fsp3) is 0.500. The Morgan fingerprint density at radius 1 is 1.24 bits per heavy atom. The minimum atomic E-state index is -0.233. The molecule has 17 heavy (non-hydrogen) atoms. The second-order valence-electron chi connectivity index (χ2n) is 4.18. The summed E-state index contributed by atoms with van der Waals surface area (Å²) in [6.07, 6.45) is 0.793. The highest BCUT2D eigenvalue weighted by molar-refractivity contribution is 5.81. The van der Waals surface area contributed by atoms with Crippen molar-refractivity contribution < 1.29 is 4.79 Å². The first kappa shape index (κ1) is 13.7. The summed E-state index contributed by atoms with van der Waals surface area (Å²) in [7, 11) is 0. The van der Waals surface area contributed by atoms with Crippen molar-refractivity contribution in [2.75, 3.05) is 19.6 Å². The third kappa shape index (κ3) is 4.19. The van der Waals surface area contributed by atoms with Crippen molar-refractivity contribution in [3.63, 3.8) is 0 Å². The number of nitrogens with two attached hydrogens (primary N) is 1. The molecule has 0 radical (unpaired) electrons. The predicted molar refractivity (Wildman–Crippen MR) is 70.8 cm³/mol. The van der Waals surface area contributed by atoms with Crippen LogP contribution in [-0.2, 0) is 4.79 Å². The maximum atomic E-state index is 11.5. The summed E-state index contributed by atoms with van der Waals surface area (Å²) in [6.45, 7) is 7.19. The Bertz CT molecular complexity index is 333. The average Bonchev–Trinajstić information content (AvgIpc) is 2.35. The molecular weight excluding hydrogens is 212 g/mol. The van der Waals surface area contributed by atoms with Crippen LogP contribution < -0.4 is 5.73 Å². The average molecular weight is 234 g/mol. The monoisotopic (exact) mass is 234 g/mol. The van der Waals surface area contributed by atoms with Gasteiger partial charge in [0.05, 0.1) is 5.92 Å². The molecule has 0 aliphatic rings. The largest absolute Gasteiger partial charge is 0.369 e. The molecule has 0 aromatic heterocycles. The van der Waals surface area contributed by atoms with Crippen LogP contribution in [0.15, 0.2) is 30.3 Å². The van der Waals surface area contributed by atoms with Gasteiger partial charge in [-0.2, -0.15) is 0 Å². The Balaban J connectivity index is 2.65. The first-order valence-corrected chi connectivity index (χ1v) is 6.25. The maximum Gasteiger partial charge on any atom is 0.225 e. The zero-order chi connectivity index (χ0) is 12.7. The van der Waals surface area contributed by atoms with Gasteiger partial charge in [-0.15, -0.1) is 0 Å². The van der Waals surface area contributed by atoms with Crippen molar-refractivity contribution in [2.45, 2.75) is 26.2 Å². The first-order valence-electron chi connectivity index (χ1n) is 6.25. The van der Waals surface area contributed by atoms with Gasteiger partial charge < -0.3 is 10.6 Å². The van der Waals surface area contributed by atoms with E-state index in [1.54, 1.807) is 0 Å². The van der Waals surface area contributed by atoms with E-state index >= 15 is 0 Å². The molecule has 1 aromatic rings. The lowest BCUT2D eigenvalue weighted by Crippen LogP contribution is -2.29. The van der Waals surface area contributed by atoms with E-state index in [9.17, 15) is 4.79 Å². The van der Waals surface area contributed by atoms with E-state index < -0.39 is 0 Å². The first-order chi connectivity index (χ1) is 8.19. The van der Waals surface area contributed by atoms with Crippen LogP contribution in [-0.4, -0.2) is 30.4 Å². The van der Waals surface area contributed by atoms with Gasteiger partial charge in [0.1, 0.15) is 0 Å². The number of rotatable bonds is 7. The Labute approximate surface area is 104 Å². The minimum Gasteiger partial charge on any atom is -0.369 e. The van der Waals surface area contributed by atoms with Crippen LogP contribution in [0, 0.1) is 0 Å². The van der Waals surface area contributed by atoms with E-state index in [0.29, 0.717) is 0 Å². The highest BCUT2D eigenvalue weighted by Gasteiger charge is 2.17.